The van der Waals surface area contributed by atoms with Crippen LogP contribution < -0.4 is 4.90 Å². The Bertz CT molecular complexity index is 649. The van der Waals surface area contributed by atoms with Gasteiger partial charge in [0.15, 0.2) is 0 Å². The van der Waals surface area contributed by atoms with E-state index in [0.29, 0.717) is 6.54 Å². The molecule has 4 nitrogen and oxygen atoms in total. The first-order valence-corrected chi connectivity index (χ1v) is 7.28. The second-order valence-electron chi connectivity index (χ2n) is 4.82. The SMILES string of the molecule is Cc1cc(Br)cc2c(N3CC[C@@H](O)C3)nc(Cl)nc12. The van der Waals surface area contributed by atoms with Gasteiger partial charge in [-0.3, -0.25) is 0 Å². The zero-order chi connectivity index (χ0) is 13.6. The maximum absolute atomic E-state index is 9.68. The maximum Gasteiger partial charge on any atom is 0.224 e. The molecule has 6 heteroatoms. The van der Waals surface area contributed by atoms with Crippen molar-refractivity contribution < 1.29 is 5.11 Å². The average molecular weight is 343 g/mol. The number of aromatic nitrogens is 2. The molecule has 2 aromatic rings. The van der Waals surface area contributed by atoms with E-state index in [1.807, 2.05) is 19.1 Å². The summed E-state index contributed by atoms with van der Waals surface area (Å²) in [6.07, 6.45) is 0.466. The molecule has 0 amide bonds. The molecule has 0 radical (unpaired) electrons. The van der Waals surface area contributed by atoms with E-state index < -0.39 is 0 Å². The van der Waals surface area contributed by atoms with Crippen molar-refractivity contribution in [3.05, 3.63) is 27.5 Å². The van der Waals surface area contributed by atoms with Gasteiger partial charge >= 0.3 is 0 Å². The van der Waals surface area contributed by atoms with Crippen molar-refractivity contribution in [2.75, 3.05) is 18.0 Å². The number of hydrogen-bond donors (Lipinski definition) is 1. The van der Waals surface area contributed by atoms with Gasteiger partial charge in [-0.2, -0.15) is 4.98 Å². The first kappa shape index (κ1) is 13.1. The van der Waals surface area contributed by atoms with Crippen LogP contribution in [0.4, 0.5) is 5.82 Å². The van der Waals surface area contributed by atoms with Crippen molar-refractivity contribution in [1.29, 1.82) is 0 Å². The Balaban J connectivity index is 2.22. The fourth-order valence-electron chi connectivity index (χ4n) is 2.49. The highest BCUT2D eigenvalue weighted by atomic mass is 79.9. The summed E-state index contributed by atoms with van der Waals surface area (Å²) in [6, 6.07) is 4.01. The molecule has 0 unspecified atom stereocenters. The molecule has 3 rings (SSSR count). The monoisotopic (exact) mass is 341 g/mol. The zero-order valence-corrected chi connectivity index (χ0v) is 12.7. The molecule has 1 atom stereocenters. The second kappa shape index (κ2) is 4.89. The number of halogens is 2. The van der Waals surface area contributed by atoms with Crippen LogP contribution in [0, 0.1) is 6.92 Å². The predicted molar refractivity (Wildman–Crippen MR) is 79.8 cm³/mol. The molecular formula is C13H13BrClN3O. The summed E-state index contributed by atoms with van der Waals surface area (Å²) < 4.78 is 0.990. The van der Waals surface area contributed by atoms with E-state index in [9.17, 15) is 5.11 Å². The number of aliphatic hydroxyl groups is 1. The average Bonchev–Trinajstić information content (AvgIpc) is 2.76. The van der Waals surface area contributed by atoms with Crippen LogP contribution in [0.25, 0.3) is 10.9 Å². The zero-order valence-electron chi connectivity index (χ0n) is 10.4. The molecule has 0 saturated carbocycles. The molecule has 1 saturated heterocycles. The minimum Gasteiger partial charge on any atom is -0.391 e. The molecule has 0 aliphatic carbocycles. The van der Waals surface area contributed by atoms with E-state index >= 15 is 0 Å². The van der Waals surface area contributed by atoms with Crippen molar-refractivity contribution in [2.24, 2.45) is 0 Å². The van der Waals surface area contributed by atoms with Gasteiger partial charge in [-0.15, -0.1) is 0 Å². The second-order valence-corrected chi connectivity index (χ2v) is 6.08. The third-order valence-corrected chi connectivity index (χ3v) is 4.00. The third-order valence-electron chi connectivity index (χ3n) is 3.37. The number of hydrogen-bond acceptors (Lipinski definition) is 4. The largest absolute Gasteiger partial charge is 0.391 e. The third kappa shape index (κ3) is 2.42. The Morgan fingerprint density at radius 2 is 2.21 bits per heavy atom. The fraction of sp³-hybridized carbons (Fsp3) is 0.385. The molecule has 100 valence electrons. The van der Waals surface area contributed by atoms with E-state index in [-0.39, 0.29) is 11.4 Å². The summed E-state index contributed by atoms with van der Waals surface area (Å²) >= 11 is 9.53. The molecule has 1 fully saturated rings. The van der Waals surface area contributed by atoms with Crippen molar-refractivity contribution in [3.63, 3.8) is 0 Å². The van der Waals surface area contributed by atoms with Crippen LogP contribution in [0.2, 0.25) is 5.28 Å². The number of anilines is 1. The van der Waals surface area contributed by atoms with Crippen molar-refractivity contribution in [1.82, 2.24) is 9.97 Å². The Morgan fingerprint density at radius 1 is 1.42 bits per heavy atom. The molecule has 1 N–H and O–H groups in total. The number of benzene rings is 1. The number of rotatable bonds is 1. The number of aryl methyl sites for hydroxylation is 1. The van der Waals surface area contributed by atoms with Crippen LogP contribution >= 0.6 is 27.5 Å². The first-order valence-electron chi connectivity index (χ1n) is 6.11. The Labute approximate surface area is 124 Å². The topological polar surface area (TPSA) is 49.2 Å². The summed E-state index contributed by atoms with van der Waals surface area (Å²) in [5, 5.41) is 10.9. The summed E-state index contributed by atoms with van der Waals surface area (Å²) in [5.74, 6) is 0.802. The van der Waals surface area contributed by atoms with E-state index in [1.165, 1.54) is 0 Å². The highest BCUT2D eigenvalue weighted by Crippen LogP contribution is 2.32. The van der Waals surface area contributed by atoms with Gasteiger partial charge in [0.05, 0.1) is 11.6 Å². The van der Waals surface area contributed by atoms with E-state index in [0.717, 1.165) is 39.7 Å². The van der Waals surface area contributed by atoms with E-state index in [1.54, 1.807) is 0 Å². The Hall–Kier alpha value is -0.910. The molecule has 1 aromatic carbocycles. The molecular weight excluding hydrogens is 330 g/mol. The Morgan fingerprint density at radius 3 is 2.89 bits per heavy atom. The number of nitrogens with zero attached hydrogens (tertiary/aromatic N) is 3. The van der Waals surface area contributed by atoms with Gasteiger partial charge in [0.1, 0.15) is 5.82 Å². The van der Waals surface area contributed by atoms with Gasteiger partial charge < -0.3 is 10.0 Å². The summed E-state index contributed by atoms with van der Waals surface area (Å²) in [4.78, 5) is 10.7. The summed E-state index contributed by atoms with van der Waals surface area (Å²) in [5.41, 5.74) is 1.91. The van der Waals surface area contributed by atoms with E-state index in [2.05, 4.69) is 30.8 Å². The molecule has 2 heterocycles. The molecule has 1 aliphatic rings. The fourth-order valence-corrected chi connectivity index (χ4v) is 3.23. The number of aliphatic hydroxyl groups excluding tert-OH is 1. The predicted octanol–water partition coefficient (Wildman–Crippen LogP) is 2.93. The molecule has 19 heavy (non-hydrogen) atoms. The van der Waals surface area contributed by atoms with Gasteiger partial charge in [-0.1, -0.05) is 15.9 Å². The standard InChI is InChI=1S/C13H13BrClN3O/c1-7-4-8(14)5-10-11(7)16-13(15)17-12(10)18-3-2-9(19)6-18/h4-5,9,19H,2-3,6H2,1H3/t9-/m1/s1. The van der Waals surface area contributed by atoms with Crippen molar-refractivity contribution in [3.8, 4) is 0 Å². The molecule has 1 aromatic heterocycles. The smallest absolute Gasteiger partial charge is 0.224 e. The van der Waals surface area contributed by atoms with Gasteiger partial charge in [0.2, 0.25) is 5.28 Å². The van der Waals surface area contributed by atoms with Crippen molar-refractivity contribution in [2.45, 2.75) is 19.4 Å². The van der Waals surface area contributed by atoms with Crippen LogP contribution in [-0.4, -0.2) is 34.3 Å². The molecule has 0 bridgehead atoms. The lowest BCUT2D eigenvalue weighted by Gasteiger charge is -2.19. The van der Waals surface area contributed by atoms with E-state index in [4.69, 9.17) is 11.6 Å². The van der Waals surface area contributed by atoms with Gasteiger partial charge in [-0.25, -0.2) is 4.98 Å². The summed E-state index contributed by atoms with van der Waals surface area (Å²) in [7, 11) is 0. The van der Waals surface area contributed by atoms with Crippen LogP contribution in [0.15, 0.2) is 16.6 Å². The van der Waals surface area contributed by atoms with Crippen LogP contribution in [0.1, 0.15) is 12.0 Å². The van der Waals surface area contributed by atoms with Gasteiger partial charge in [-0.05, 0) is 42.6 Å². The molecule has 0 spiro atoms. The van der Waals surface area contributed by atoms with Crippen molar-refractivity contribution >= 4 is 44.3 Å². The van der Waals surface area contributed by atoms with Crippen LogP contribution in [-0.2, 0) is 0 Å². The summed E-state index contributed by atoms with van der Waals surface area (Å²) in [6.45, 7) is 3.38. The number of fused-ring (bicyclic) bond motifs is 1. The quantitative estimate of drug-likeness (QED) is 0.810. The van der Waals surface area contributed by atoms with Gasteiger partial charge in [0, 0.05) is 22.9 Å². The maximum atomic E-state index is 9.68. The van der Waals surface area contributed by atoms with Crippen LogP contribution in [0.5, 0.6) is 0 Å². The van der Waals surface area contributed by atoms with Crippen LogP contribution in [0.3, 0.4) is 0 Å². The lowest BCUT2D eigenvalue weighted by Crippen LogP contribution is -2.22. The minimum absolute atomic E-state index is 0.245. The lowest BCUT2D eigenvalue weighted by molar-refractivity contribution is 0.198. The molecule has 1 aliphatic heterocycles. The van der Waals surface area contributed by atoms with Gasteiger partial charge in [0.25, 0.3) is 0 Å². The Kier molecular flexibility index (Phi) is 3.37. The number of β-amino-alcohol motifs (C(OH)–C–C–N with tert-alkyl or cyclic N) is 1. The minimum atomic E-state index is -0.294. The highest BCUT2D eigenvalue weighted by molar-refractivity contribution is 9.10. The first-order chi connectivity index (χ1) is 9.04. The normalized spacial score (nSPS) is 19.4. The highest BCUT2D eigenvalue weighted by Gasteiger charge is 2.24. The lowest BCUT2D eigenvalue weighted by atomic mass is 10.1.